The van der Waals surface area contributed by atoms with E-state index >= 15 is 0 Å². The van der Waals surface area contributed by atoms with E-state index in [1.807, 2.05) is 42.0 Å². The summed E-state index contributed by atoms with van der Waals surface area (Å²) in [5.74, 6) is -0.196. The monoisotopic (exact) mass is 407 g/mol. The molecule has 1 amide bonds. The molecule has 7 heteroatoms. The van der Waals surface area contributed by atoms with Crippen molar-refractivity contribution < 1.29 is 13.9 Å². The first-order valence-electron chi connectivity index (χ1n) is 8.96. The fourth-order valence-corrected chi connectivity index (χ4v) is 3.87. The minimum Gasteiger partial charge on any atom is -0.455 e. The molecular weight excluding hydrogens is 389 g/mol. The lowest BCUT2D eigenvalue weighted by Crippen LogP contribution is -2.15. The second kappa shape index (κ2) is 7.89. The van der Waals surface area contributed by atoms with Crippen LogP contribution in [0.4, 0.5) is 10.1 Å². The average Bonchev–Trinajstić information content (AvgIpc) is 3.33. The maximum absolute atomic E-state index is 14.5. The number of benzene rings is 2. The van der Waals surface area contributed by atoms with Crippen molar-refractivity contribution in [2.45, 2.75) is 13.8 Å². The molecule has 0 fully saturated rings. The molecule has 2 aromatic carbocycles. The van der Waals surface area contributed by atoms with Crippen LogP contribution in [-0.4, -0.2) is 15.5 Å². The van der Waals surface area contributed by atoms with E-state index in [1.54, 1.807) is 30.5 Å². The molecule has 0 spiro atoms. The summed E-state index contributed by atoms with van der Waals surface area (Å²) in [6.07, 6.45) is 1.71. The van der Waals surface area contributed by atoms with Crippen LogP contribution in [0.3, 0.4) is 0 Å². The number of ether oxygens (including phenoxy) is 1. The second-order valence-electron chi connectivity index (χ2n) is 6.42. The highest BCUT2D eigenvalue weighted by molar-refractivity contribution is 7.12. The number of anilines is 1. The number of para-hydroxylation sites is 2. The van der Waals surface area contributed by atoms with Crippen LogP contribution < -0.4 is 10.1 Å². The number of amides is 1. The van der Waals surface area contributed by atoms with Gasteiger partial charge in [-0.25, -0.2) is 9.37 Å². The molecule has 0 saturated heterocycles. The molecular formula is C22H18FN3O2S. The smallest absolute Gasteiger partial charge is 0.257 e. The van der Waals surface area contributed by atoms with Crippen molar-refractivity contribution in [2.75, 3.05) is 5.32 Å². The summed E-state index contributed by atoms with van der Waals surface area (Å²) in [6.45, 7) is 3.74. The highest BCUT2D eigenvalue weighted by atomic mass is 32.1. The van der Waals surface area contributed by atoms with E-state index in [2.05, 4.69) is 10.3 Å². The van der Waals surface area contributed by atoms with Crippen molar-refractivity contribution in [3.63, 3.8) is 0 Å². The van der Waals surface area contributed by atoms with Crippen LogP contribution in [0.15, 0.2) is 66.2 Å². The Balaban J connectivity index is 1.65. The molecule has 0 aliphatic heterocycles. The van der Waals surface area contributed by atoms with E-state index in [1.165, 1.54) is 23.5 Å². The number of thiazole rings is 1. The lowest BCUT2D eigenvalue weighted by atomic mass is 10.2. The lowest BCUT2D eigenvalue weighted by molar-refractivity contribution is 0.102. The van der Waals surface area contributed by atoms with Crippen LogP contribution in [-0.2, 0) is 0 Å². The van der Waals surface area contributed by atoms with Crippen molar-refractivity contribution in [1.82, 2.24) is 9.55 Å². The zero-order valence-corrected chi connectivity index (χ0v) is 16.7. The Hall–Kier alpha value is -3.45. The third-order valence-corrected chi connectivity index (χ3v) is 5.23. The van der Waals surface area contributed by atoms with Gasteiger partial charge in [0.15, 0.2) is 16.7 Å². The predicted octanol–water partition coefficient (Wildman–Crippen LogP) is 5.73. The summed E-state index contributed by atoms with van der Waals surface area (Å²) in [7, 11) is 0. The van der Waals surface area contributed by atoms with Crippen LogP contribution in [0.2, 0.25) is 0 Å². The van der Waals surface area contributed by atoms with Gasteiger partial charge in [0.05, 0.1) is 5.56 Å². The number of aryl methyl sites for hydroxylation is 1. The van der Waals surface area contributed by atoms with Crippen molar-refractivity contribution in [2.24, 2.45) is 0 Å². The number of hydrogen-bond donors (Lipinski definition) is 1. The molecule has 0 aliphatic rings. The quantitative estimate of drug-likeness (QED) is 0.459. The maximum Gasteiger partial charge on any atom is 0.257 e. The van der Waals surface area contributed by atoms with Crippen LogP contribution in [0.5, 0.6) is 11.5 Å². The number of aromatic nitrogens is 2. The molecule has 0 radical (unpaired) electrons. The van der Waals surface area contributed by atoms with Crippen LogP contribution in [0.25, 0.3) is 5.13 Å². The van der Waals surface area contributed by atoms with Crippen LogP contribution >= 0.6 is 11.3 Å². The third kappa shape index (κ3) is 3.77. The summed E-state index contributed by atoms with van der Waals surface area (Å²) in [4.78, 5) is 17.3. The van der Waals surface area contributed by atoms with Gasteiger partial charge >= 0.3 is 0 Å². The molecule has 5 nitrogen and oxygen atoms in total. The molecule has 29 heavy (non-hydrogen) atoms. The molecule has 2 aromatic heterocycles. The molecule has 146 valence electrons. The molecule has 4 rings (SSSR count). The molecule has 1 N–H and O–H groups in total. The average molecular weight is 407 g/mol. The maximum atomic E-state index is 14.5. The van der Waals surface area contributed by atoms with Gasteiger partial charge in [0.2, 0.25) is 0 Å². The Labute approximate surface area is 171 Å². The largest absolute Gasteiger partial charge is 0.455 e. The van der Waals surface area contributed by atoms with Gasteiger partial charge < -0.3 is 10.1 Å². The molecule has 0 bridgehead atoms. The Morgan fingerprint density at radius 2 is 1.93 bits per heavy atom. The fraction of sp³-hybridized carbons (Fsp3) is 0.0909. The molecule has 0 unspecified atom stereocenters. The zero-order chi connectivity index (χ0) is 20.4. The third-order valence-electron chi connectivity index (χ3n) is 4.47. The Kier molecular flexibility index (Phi) is 5.14. The molecule has 0 aliphatic carbocycles. The van der Waals surface area contributed by atoms with Crippen LogP contribution in [0.1, 0.15) is 21.7 Å². The predicted molar refractivity (Wildman–Crippen MR) is 112 cm³/mol. The van der Waals surface area contributed by atoms with Crippen molar-refractivity contribution in [3.05, 3.63) is 88.9 Å². The normalized spacial score (nSPS) is 10.7. The number of halogens is 1. The van der Waals surface area contributed by atoms with E-state index in [-0.39, 0.29) is 11.4 Å². The summed E-state index contributed by atoms with van der Waals surface area (Å²) in [5.41, 5.74) is 2.06. The number of carbonyl (C=O) groups is 1. The fourth-order valence-electron chi connectivity index (χ4n) is 3.12. The van der Waals surface area contributed by atoms with Crippen molar-refractivity contribution in [3.8, 4) is 16.6 Å². The summed E-state index contributed by atoms with van der Waals surface area (Å²) in [6, 6.07) is 15.2. The van der Waals surface area contributed by atoms with Crippen molar-refractivity contribution in [1.29, 1.82) is 0 Å². The standard InChI is InChI=1S/C22H18FN3O2S/c1-14-13-17(15(2)26(14)22-24-11-12-29-22)21(27)25-20-18(23)9-6-10-19(20)28-16-7-4-3-5-8-16/h3-13H,1-2H3,(H,25,27). The minimum atomic E-state index is -0.569. The van der Waals surface area contributed by atoms with Gasteiger partial charge in [0.1, 0.15) is 11.4 Å². The zero-order valence-electron chi connectivity index (χ0n) is 15.8. The van der Waals surface area contributed by atoms with E-state index in [9.17, 15) is 9.18 Å². The SMILES string of the molecule is Cc1cc(C(=O)Nc2c(F)cccc2Oc2ccccc2)c(C)n1-c1nccs1. The number of nitrogens with one attached hydrogen (secondary N) is 1. The van der Waals surface area contributed by atoms with Gasteiger partial charge in [0, 0.05) is 23.0 Å². The minimum absolute atomic E-state index is 0.000375. The van der Waals surface area contributed by atoms with Gasteiger partial charge in [-0.05, 0) is 44.2 Å². The molecule has 2 heterocycles. The van der Waals surface area contributed by atoms with E-state index in [4.69, 9.17) is 4.74 Å². The topological polar surface area (TPSA) is 56.1 Å². The first kappa shape index (κ1) is 18.9. The summed E-state index contributed by atoms with van der Waals surface area (Å²) < 4.78 is 22.2. The Bertz CT molecular complexity index is 1150. The van der Waals surface area contributed by atoms with E-state index in [0.717, 1.165) is 16.5 Å². The highest BCUT2D eigenvalue weighted by Gasteiger charge is 2.20. The van der Waals surface area contributed by atoms with Crippen molar-refractivity contribution >= 4 is 22.9 Å². The first-order chi connectivity index (χ1) is 14.0. The molecule has 4 aromatic rings. The van der Waals surface area contributed by atoms with Gasteiger partial charge in [-0.15, -0.1) is 11.3 Å². The highest BCUT2D eigenvalue weighted by Crippen LogP contribution is 2.32. The van der Waals surface area contributed by atoms with Gasteiger partial charge in [-0.1, -0.05) is 24.3 Å². The molecule has 0 atom stereocenters. The molecule has 0 saturated carbocycles. The second-order valence-corrected chi connectivity index (χ2v) is 7.29. The van der Waals surface area contributed by atoms with E-state index in [0.29, 0.717) is 11.3 Å². The summed E-state index contributed by atoms with van der Waals surface area (Å²) in [5, 5.41) is 5.32. The van der Waals surface area contributed by atoms with Gasteiger partial charge in [0.25, 0.3) is 5.91 Å². The number of hydrogen-bond acceptors (Lipinski definition) is 4. The summed E-state index contributed by atoms with van der Waals surface area (Å²) >= 11 is 1.48. The first-order valence-corrected chi connectivity index (χ1v) is 9.84. The number of carbonyl (C=O) groups excluding carboxylic acids is 1. The lowest BCUT2D eigenvalue weighted by Gasteiger charge is -2.13. The number of rotatable bonds is 5. The number of nitrogens with zero attached hydrogens (tertiary/aromatic N) is 2. The van der Waals surface area contributed by atoms with Crippen LogP contribution in [0, 0.1) is 19.7 Å². The van der Waals surface area contributed by atoms with Gasteiger partial charge in [-0.2, -0.15) is 0 Å². The van der Waals surface area contributed by atoms with Gasteiger partial charge in [-0.3, -0.25) is 9.36 Å². The Morgan fingerprint density at radius 3 is 2.66 bits per heavy atom. The Morgan fingerprint density at radius 1 is 1.14 bits per heavy atom. The van der Waals surface area contributed by atoms with E-state index < -0.39 is 11.7 Å².